The van der Waals surface area contributed by atoms with Gasteiger partial charge in [0.1, 0.15) is 23.2 Å². The molecule has 0 aliphatic carbocycles. The van der Waals surface area contributed by atoms with Crippen LogP contribution in [-0.4, -0.2) is 38.5 Å². The Morgan fingerprint density at radius 1 is 0.788 bits per heavy atom. The molecule has 0 aliphatic heterocycles. The van der Waals surface area contributed by atoms with E-state index in [4.69, 9.17) is 0 Å². The van der Waals surface area contributed by atoms with Gasteiger partial charge in [0.25, 0.3) is 5.91 Å². The van der Waals surface area contributed by atoms with Crippen molar-refractivity contribution in [3.05, 3.63) is 103 Å². The van der Waals surface area contributed by atoms with Crippen LogP contribution in [0, 0.1) is 5.95 Å². The number of amides is 1. The lowest BCUT2D eigenvalue weighted by molar-refractivity contribution is 0.0952. The van der Waals surface area contributed by atoms with Crippen LogP contribution in [0.4, 0.5) is 4.39 Å². The molecule has 1 amide bonds. The van der Waals surface area contributed by atoms with Crippen molar-refractivity contribution >= 4 is 29.1 Å². The molecule has 4 rings (SSSR count). The predicted octanol–water partition coefficient (Wildman–Crippen LogP) is 2.91. The summed E-state index contributed by atoms with van der Waals surface area (Å²) < 4.78 is 13.0. The van der Waals surface area contributed by atoms with E-state index in [0.29, 0.717) is 12.1 Å². The summed E-state index contributed by atoms with van der Waals surface area (Å²) in [6.07, 6.45) is 15.0. The topological polar surface area (TPSA) is 80.7 Å². The third-order valence-corrected chi connectivity index (χ3v) is 9.88. The van der Waals surface area contributed by atoms with Gasteiger partial charge in [-0.05, 0) is 61.4 Å². The molecule has 4 heterocycles. The number of hydrogen-bond acceptors (Lipinski definition) is 5. The molecule has 0 aliphatic rings. The molecule has 0 atom stereocenters. The Labute approximate surface area is 192 Å². The molecule has 0 radical (unpaired) electrons. The Morgan fingerprint density at radius 3 is 1.82 bits per heavy atom. The average molecular weight is 459 g/mol. The fourth-order valence-electron chi connectivity index (χ4n) is 3.86. The molecule has 6 nitrogen and oxygen atoms in total. The van der Waals surface area contributed by atoms with E-state index in [0.717, 1.165) is 19.0 Å². The fraction of sp³-hybridized carbons (Fsp3) is 0.160. The first kappa shape index (κ1) is 22.6. The van der Waals surface area contributed by atoms with E-state index in [9.17, 15) is 9.18 Å². The van der Waals surface area contributed by atoms with Gasteiger partial charge in [-0.15, -0.1) is 0 Å². The molecule has 0 spiro atoms. The minimum atomic E-state index is -2.03. The van der Waals surface area contributed by atoms with E-state index in [-0.39, 0.29) is 5.91 Å². The lowest BCUT2D eigenvalue weighted by atomic mass is 10.2. The van der Waals surface area contributed by atoms with Crippen molar-refractivity contribution < 1.29 is 9.18 Å². The van der Waals surface area contributed by atoms with Crippen molar-refractivity contribution in [3.8, 4) is 0 Å². The molecule has 0 bridgehead atoms. The van der Waals surface area contributed by atoms with E-state index in [1.165, 1.54) is 34.2 Å². The number of unbranched alkanes of at least 4 members (excludes halogenated alkanes) is 1. The SMILES string of the molecule is O=C(NCCCC[P+](c1cccnc1)(c1cccnc1)c1cccnc1)c1ccc([18F])nc1. The first-order valence-corrected chi connectivity index (χ1v) is 12.7. The maximum atomic E-state index is 13.0. The molecule has 0 unspecified atom stereocenters. The van der Waals surface area contributed by atoms with Crippen molar-refractivity contribution in [2.75, 3.05) is 12.7 Å². The Hall–Kier alpha value is -3.57. The van der Waals surface area contributed by atoms with Crippen molar-refractivity contribution in [1.82, 2.24) is 25.3 Å². The van der Waals surface area contributed by atoms with E-state index in [2.05, 4.69) is 43.5 Å². The second-order valence-corrected chi connectivity index (χ2v) is 11.1. The second kappa shape index (κ2) is 10.8. The van der Waals surface area contributed by atoms with Gasteiger partial charge in [-0.3, -0.25) is 19.7 Å². The largest absolute Gasteiger partial charge is 0.352 e. The van der Waals surface area contributed by atoms with Crippen LogP contribution in [0.1, 0.15) is 23.2 Å². The number of halogens is 1. The van der Waals surface area contributed by atoms with Crippen molar-refractivity contribution in [2.45, 2.75) is 12.8 Å². The lowest BCUT2D eigenvalue weighted by Crippen LogP contribution is -2.34. The van der Waals surface area contributed by atoms with Crippen LogP contribution < -0.4 is 21.2 Å². The van der Waals surface area contributed by atoms with Gasteiger partial charge in [-0.2, -0.15) is 4.39 Å². The Morgan fingerprint density at radius 2 is 1.36 bits per heavy atom. The van der Waals surface area contributed by atoms with Crippen LogP contribution in [0.3, 0.4) is 0 Å². The zero-order valence-electron chi connectivity index (χ0n) is 18.0. The summed E-state index contributed by atoms with van der Waals surface area (Å²) in [7, 11) is -2.03. The van der Waals surface area contributed by atoms with Gasteiger partial charge in [-0.25, -0.2) is 4.98 Å². The molecule has 4 aromatic heterocycles. The van der Waals surface area contributed by atoms with E-state index >= 15 is 0 Å². The number of aromatic nitrogens is 4. The molecule has 8 heteroatoms. The molecule has 0 saturated heterocycles. The maximum Gasteiger partial charge on any atom is 0.252 e. The van der Waals surface area contributed by atoms with Gasteiger partial charge in [-0.1, -0.05) is 0 Å². The van der Waals surface area contributed by atoms with Gasteiger partial charge in [0.15, 0.2) is 0 Å². The Kier molecular flexibility index (Phi) is 7.43. The number of rotatable bonds is 9. The van der Waals surface area contributed by atoms with Crippen LogP contribution in [0.15, 0.2) is 91.9 Å². The van der Waals surface area contributed by atoms with E-state index in [1.54, 1.807) is 18.6 Å². The van der Waals surface area contributed by atoms with Gasteiger partial charge in [0, 0.05) is 31.3 Å². The summed E-state index contributed by atoms with van der Waals surface area (Å²) in [5.74, 6) is -0.858. The Balaban J connectivity index is 1.53. The fourth-order valence-corrected chi connectivity index (χ4v) is 8.04. The highest BCUT2D eigenvalue weighted by atomic mass is 31.2. The first-order chi connectivity index (χ1) is 16.2. The predicted molar refractivity (Wildman–Crippen MR) is 129 cm³/mol. The smallest absolute Gasteiger partial charge is 0.252 e. The van der Waals surface area contributed by atoms with E-state index in [1.807, 2.05) is 36.8 Å². The molecule has 1 N–H and O–H groups in total. The average Bonchev–Trinajstić information content (AvgIpc) is 2.88. The van der Waals surface area contributed by atoms with Crippen LogP contribution >= 0.6 is 7.26 Å². The van der Waals surface area contributed by atoms with Crippen LogP contribution in [0.2, 0.25) is 0 Å². The summed E-state index contributed by atoms with van der Waals surface area (Å²) >= 11 is 0. The maximum absolute atomic E-state index is 13.0. The van der Waals surface area contributed by atoms with Crippen molar-refractivity contribution in [1.29, 1.82) is 0 Å². The number of nitrogens with zero attached hydrogens (tertiary/aromatic N) is 4. The molecular weight excluding hydrogens is 435 g/mol. The normalized spacial score (nSPS) is 11.2. The van der Waals surface area contributed by atoms with Gasteiger partial charge in [0.05, 0.1) is 30.3 Å². The van der Waals surface area contributed by atoms with Gasteiger partial charge < -0.3 is 5.32 Å². The highest BCUT2D eigenvalue weighted by molar-refractivity contribution is 7.95. The third-order valence-electron chi connectivity index (χ3n) is 5.46. The zero-order chi connectivity index (χ0) is 22.9. The summed E-state index contributed by atoms with van der Waals surface area (Å²) in [6, 6.07) is 14.9. The number of carbonyl (C=O) groups is 1. The van der Waals surface area contributed by atoms with Crippen LogP contribution in [0.5, 0.6) is 0 Å². The molecule has 4 aromatic rings. The standard InChI is InChI=1S/C25H23FN5OP/c26-24-10-9-20(16-31-24)25(32)30-14-1-2-15-33(21-6-3-11-27-17-21,22-7-4-12-28-18-22)23-8-5-13-29-19-23/h3-13,16-19H,1-2,14-15H2/p+1/i26-1. The van der Waals surface area contributed by atoms with Gasteiger partial charge in [0.2, 0.25) is 5.95 Å². The number of carbonyl (C=O) groups excluding carboxylic acids is 1. The van der Waals surface area contributed by atoms with Crippen LogP contribution in [0.25, 0.3) is 0 Å². The molecule has 33 heavy (non-hydrogen) atoms. The molecule has 166 valence electrons. The molecule has 0 aromatic carbocycles. The van der Waals surface area contributed by atoms with Crippen molar-refractivity contribution in [2.24, 2.45) is 0 Å². The molecular formula is C25H24FN5OP+. The highest BCUT2D eigenvalue weighted by Crippen LogP contribution is 2.55. The number of hydrogen-bond donors (Lipinski definition) is 1. The molecule has 0 saturated carbocycles. The summed E-state index contributed by atoms with van der Waals surface area (Å²) in [6.45, 7) is 0.517. The first-order valence-electron chi connectivity index (χ1n) is 10.7. The number of nitrogens with one attached hydrogen (secondary N) is 1. The monoisotopic (exact) mass is 459 g/mol. The zero-order valence-corrected chi connectivity index (χ0v) is 18.9. The van der Waals surface area contributed by atoms with Crippen LogP contribution in [-0.2, 0) is 0 Å². The van der Waals surface area contributed by atoms with Gasteiger partial charge >= 0.3 is 0 Å². The lowest BCUT2D eigenvalue weighted by Gasteiger charge is -2.26. The number of pyridine rings is 4. The third kappa shape index (κ3) is 5.26. The van der Waals surface area contributed by atoms with Crippen molar-refractivity contribution in [3.63, 3.8) is 0 Å². The molecule has 0 fully saturated rings. The Bertz CT molecular complexity index is 1070. The quantitative estimate of drug-likeness (QED) is 0.237. The van der Waals surface area contributed by atoms with E-state index < -0.39 is 13.2 Å². The summed E-state index contributed by atoms with van der Waals surface area (Å²) in [5, 5.41) is 6.42. The minimum Gasteiger partial charge on any atom is -0.352 e. The summed E-state index contributed by atoms with van der Waals surface area (Å²) in [4.78, 5) is 29.0. The second-order valence-electron chi connectivity index (χ2n) is 7.50. The minimum absolute atomic E-state index is 0.254. The summed E-state index contributed by atoms with van der Waals surface area (Å²) in [5.41, 5.74) is 0.347. The highest BCUT2D eigenvalue weighted by Gasteiger charge is 2.45.